The molecule has 0 saturated heterocycles. The quantitative estimate of drug-likeness (QED) is 0.817. The second kappa shape index (κ2) is 5.28. The van der Waals surface area contributed by atoms with Crippen LogP contribution in [-0.4, -0.2) is 7.11 Å². The molecule has 2 rings (SSSR count). The molecule has 0 amide bonds. The Morgan fingerprint density at radius 2 is 1.56 bits per heavy atom. The minimum atomic E-state index is -0.0169. The molecule has 0 heterocycles. The van der Waals surface area contributed by atoms with Crippen molar-refractivity contribution in [2.45, 2.75) is 6.10 Å². The highest BCUT2D eigenvalue weighted by atomic mass is 79.9. The lowest BCUT2D eigenvalue weighted by atomic mass is 10.0. The minimum absolute atomic E-state index is 0.0169. The summed E-state index contributed by atoms with van der Waals surface area (Å²) >= 11 is 3.55. The highest BCUT2D eigenvalue weighted by Crippen LogP contribution is 2.30. The van der Waals surface area contributed by atoms with E-state index in [1.165, 1.54) is 0 Å². The molecular weight excluding hydrogens is 264 g/mol. The van der Waals surface area contributed by atoms with Crippen LogP contribution >= 0.6 is 15.9 Å². The van der Waals surface area contributed by atoms with E-state index in [1.807, 2.05) is 36.4 Å². The molecule has 0 aromatic heterocycles. The zero-order valence-corrected chi connectivity index (χ0v) is 10.6. The summed E-state index contributed by atoms with van der Waals surface area (Å²) in [6.07, 6.45) is -0.0169. The Labute approximate surface area is 104 Å². The van der Waals surface area contributed by atoms with Crippen LogP contribution in [0.4, 0.5) is 0 Å². The maximum Gasteiger partial charge on any atom is 0.108 e. The van der Waals surface area contributed by atoms with Gasteiger partial charge in [0, 0.05) is 11.6 Å². The molecule has 0 aliphatic carbocycles. The molecule has 0 spiro atoms. The molecule has 1 nitrogen and oxygen atoms in total. The zero-order valence-electron chi connectivity index (χ0n) is 9.06. The first-order chi connectivity index (χ1) is 7.83. The molecule has 16 heavy (non-hydrogen) atoms. The van der Waals surface area contributed by atoms with E-state index in [4.69, 9.17) is 4.74 Å². The van der Waals surface area contributed by atoms with Crippen molar-refractivity contribution in [3.8, 4) is 0 Å². The van der Waals surface area contributed by atoms with Crippen molar-refractivity contribution in [2.24, 2.45) is 0 Å². The molecule has 0 N–H and O–H groups in total. The highest BCUT2D eigenvalue weighted by molar-refractivity contribution is 9.10. The van der Waals surface area contributed by atoms with Gasteiger partial charge in [-0.15, -0.1) is 0 Å². The fraction of sp³-hybridized carbons (Fsp3) is 0.143. The van der Waals surface area contributed by atoms with Crippen LogP contribution in [0.3, 0.4) is 0 Å². The summed E-state index contributed by atoms with van der Waals surface area (Å²) in [5.74, 6) is 0. The van der Waals surface area contributed by atoms with Crippen LogP contribution in [0.2, 0.25) is 0 Å². The summed E-state index contributed by atoms with van der Waals surface area (Å²) in [5, 5.41) is 0. The Morgan fingerprint density at radius 1 is 0.938 bits per heavy atom. The lowest BCUT2D eigenvalue weighted by Crippen LogP contribution is -2.03. The van der Waals surface area contributed by atoms with E-state index >= 15 is 0 Å². The van der Waals surface area contributed by atoms with Crippen molar-refractivity contribution in [3.05, 3.63) is 70.2 Å². The third-order valence-electron chi connectivity index (χ3n) is 2.53. The van der Waals surface area contributed by atoms with E-state index in [0.717, 1.165) is 15.6 Å². The van der Waals surface area contributed by atoms with Gasteiger partial charge in [-0.3, -0.25) is 0 Å². The summed E-state index contributed by atoms with van der Waals surface area (Å²) < 4.78 is 6.65. The van der Waals surface area contributed by atoms with Crippen LogP contribution in [0.1, 0.15) is 17.2 Å². The Bertz CT molecular complexity index is 453. The van der Waals surface area contributed by atoms with Gasteiger partial charge in [-0.1, -0.05) is 64.5 Å². The summed E-state index contributed by atoms with van der Waals surface area (Å²) in [5.41, 5.74) is 2.31. The lowest BCUT2D eigenvalue weighted by molar-refractivity contribution is 0.136. The number of hydrogen-bond acceptors (Lipinski definition) is 1. The Morgan fingerprint density at radius 3 is 2.19 bits per heavy atom. The van der Waals surface area contributed by atoms with Gasteiger partial charge in [-0.05, 0) is 17.2 Å². The van der Waals surface area contributed by atoms with E-state index in [9.17, 15) is 0 Å². The summed E-state index contributed by atoms with van der Waals surface area (Å²) in [4.78, 5) is 0. The topological polar surface area (TPSA) is 9.23 Å². The molecular formula is C14H13BrO. The van der Waals surface area contributed by atoms with Gasteiger partial charge in [0.05, 0.1) is 0 Å². The molecule has 2 aromatic rings. The van der Waals surface area contributed by atoms with Gasteiger partial charge in [-0.2, -0.15) is 0 Å². The van der Waals surface area contributed by atoms with Gasteiger partial charge in [0.15, 0.2) is 0 Å². The number of benzene rings is 2. The maximum absolute atomic E-state index is 5.57. The smallest absolute Gasteiger partial charge is 0.108 e. The fourth-order valence-electron chi connectivity index (χ4n) is 1.76. The molecule has 0 radical (unpaired) electrons. The molecule has 1 atom stereocenters. The normalized spacial score (nSPS) is 12.4. The van der Waals surface area contributed by atoms with E-state index in [0.29, 0.717) is 0 Å². The number of rotatable bonds is 3. The van der Waals surface area contributed by atoms with Gasteiger partial charge < -0.3 is 4.74 Å². The third-order valence-corrected chi connectivity index (χ3v) is 3.25. The summed E-state index contributed by atoms with van der Waals surface area (Å²) in [7, 11) is 1.73. The highest BCUT2D eigenvalue weighted by Gasteiger charge is 2.14. The van der Waals surface area contributed by atoms with Gasteiger partial charge in [-0.25, -0.2) is 0 Å². The SMILES string of the molecule is CO[C@@H](c1ccccc1)c1ccccc1Br. The fourth-order valence-corrected chi connectivity index (χ4v) is 2.25. The van der Waals surface area contributed by atoms with Crippen LogP contribution < -0.4 is 0 Å². The number of halogens is 1. The average molecular weight is 277 g/mol. The predicted octanol–water partition coefficient (Wildman–Crippen LogP) is 4.18. The van der Waals surface area contributed by atoms with Crippen LogP contribution in [0, 0.1) is 0 Å². The summed E-state index contributed by atoms with van der Waals surface area (Å²) in [6, 6.07) is 18.4. The van der Waals surface area contributed by atoms with Gasteiger partial charge in [0.25, 0.3) is 0 Å². The molecule has 0 fully saturated rings. The molecule has 82 valence electrons. The van der Waals surface area contributed by atoms with Crippen LogP contribution in [0.15, 0.2) is 59.1 Å². The minimum Gasteiger partial charge on any atom is -0.372 e. The van der Waals surface area contributed by atoms with Crippen molar-refractivity contribution in [1.82, 2.24) is 0 Å². The van der Waals surface area contributed by atoms with Crippen molar-refractivity contribution in [1.29, 1.82) is 0 Å². The Hall–Kier alpha value is -1.12. The second-order valence-electron chi connectivity index (χ2n) is 3.55. The van der Waals surface area contributed by atoms with Crippen molar-refractivity contribution in [3.63, 3.8) is 0 Å². The first-order valence-electron chi connectivity index (χ1n) is 5.15. The molecule has 2 aromatic carbocycles. The first kappa shape index (κ1) is 11.4. The molecule has 0 aliphatic heterocycles. The van der Waals surface area contributed by atoms with E-state index < -0.39 is 0 Å². The van der Waals surface area contributed by atoms with Gasteiger partial charge in [0.1, 0.15) is 6.10 Å². The first-order valence-corrected chi connectivity index (χ1v) is 5.94. The monoisotopic (exact) mass is 276 g/mol. The van der Waals surface area contributed by atoms with E-state index in [-0.39, 0.29) is 6.10 Å². The van der Waals surface area contributed by atoms with Gasteiger partial charge in [0.2, 0.25) is 0 Å². The summed E-state index contributed by atoms with van der Waals surface area (Å²) in [6.45, 7) is 0. The van der Waals surface area contributed by atoms with Crippen LogP contribution in [-0.2, 0) is 4.74 Å². The second-order valence-corrected chi connectivity index (χ2v) is 4.40. The van der Waals surface area contributed by atoms with Crippen molar-refractivity contribution >= 4 is 15.9 Å². The number of ether oxygens (including phenoxy) is 1. The van der Waals surface area contributed by atoms with Crippen LogP contribution in [0.25, 0.3) is 0 Å². The van der Waals surface area contributed by atoms with Crippen molar-refractivity contribution < 1.29 is 4.74 Å². The Kier molecular flexibility index (Phi) is 3.75. The van der Waals surface area contributed by atoms with E-state index in [2.05, 4.69) is 34.1 Å². The molecule has 0 saturated carbocycles. The molecule has 0 bridgehead atoms. The molecule has 0 aliphatic rings. The zero-order chi connectivity index (χ0) is 11.4. The predicted molar refractivity (Wildman–Crippen MR) is 69.4 cm³/mol. The van der Waals surface area contributed by atoms with E-state index in [1.54, 1.807) is 7.11 Å². The van der Waals surface area contributed by atoms with Gasteiger partial charge >= 0.3 is 0 Å². The Balaban J connectivity index is 2.41. The van der Waals surface area contributed by atoms with Crippen LogP contribution in [0.5, 0.6) is 0 Å². The number of methoxy groups -OCH3 is 1. The third kappa shape index (κ3) is 2.34. The largest absolute Gasteiger partial charge is 0.372 e. The number of hydrogen-bond donors (Lipinski definition) is 0. The standard InChI is InChI=1S/C14H13BrO/c1-16-14(11-7-3-2-4-8-11)12-9-5-6-10-13(12)15/h2-10,14H,1H3/t14-/m0/s1. The van der Waals surface area contributed by atoms with Crippen molar-refractivity contribution in [2.75, 3.05) is 7.11 Å². The molecule has 2 heteroatoms. The maximum atomic E-state index is 5.57. The average Bonchev–Trinajstić information content (AvgIpc) is 2.34. The lowest BCUT2D eigenvalue weighted by Gasteiger charge is -2.17. The molecule has 0 unspecified atom stereocenters.